The van der Waals surface area contributed by atoms with Crippen molar-refractivity contribution in [3.63, 3.8) is 0 Å². The summed E-state index contributed by atoms with van der Waals surface area (Å²) >= 11 is 0. The number of fused-ring (bicyclic) bond motifs is 1. The van der Waals surface area contributed by atoms with Crippen LogP contribution in [0, 0.1) is 0 Å². The Morgan fingerprint density at radius 3 is 2.66 bits per heavy atom. The summed E-state index contributed by atoms with van der Waals surface area (Å²) in [6.45, 7) is 10.0. The average Bonchev–Trinajstić information content (AvgIpc) is 3.14. The number of aromatic amines is 1. The van der Waals surface area contributed by atoms with Gasteiger partial charge in [-0.3, -0.25) is 9.78 Å². The summed E-state index contributed by atoms with van der Waals surface area (Å²) in [6, 6.07) is 8.36. The lowest BCUT2D eigenvalue weighted by atomic mass is 10.1. The summed E-state index contributed by atoms with van der Waals surface area (Å²) in [4.78, 5) is 24.6. The molecule has 3 aromatic rings. The van der Waals surface area contributed by atoms with Crippen LogP contribution in [0.15, 0.2) is 35.3 Å². The Hall–Kier alpha value is -2.87. The normalized spacial score (nSPS) is 15.1. The van der Waals surface area contributed by atoms with Crippen LogP contribution in [-0.2, 0) is 16.8 Å². The van der Waals surface area contributed by atoms with E-state index < -0.39 is 0 Å². The van der Waals surface area contributed by atoms with Gasteiger partial charge in [0.2, 0.25) is 5.95 Å². The van der Waals surface area contributed by atoms with Gasteiger partial charge in [-0.1, -0.05) is 18.2 Å². The van der Waals surface area contributed by atoms with Gasteiger partial charge in [0.1, 0.15) is 5.39 Å². The number of ether oxygens (including phenoxy) is 1. The van der Waals surface area contributed by atoms with E-state index in [1.807, 2.05) is 38.8 Å². The summed E-state index contributed by atoms with van der Waals surface area (Å²) < 4.78 is 7.29. The quantitative estimate of drug-likeness (QED) is 0.729. The van der Waals surface area contributed by atoms with Crippen molar-refractivity contribution in [1.82, 2.24) is 19.7 Å². The molecule has 1 N–H and O–H groups in total. The second-order valence-corrected chi connectivity index (χ2v) is 8.44. The summed E-state index contributed by atoms with van der Waals surface area (Å²) in [5, 5.41) is 4.89. The highest BCUT2D eigenvalue weighted by atomic mass is 16.5. The Bertz CT molecular complexity index is 1060. The minimum Gasteiger partial charge on any atom is -0.378 e. The lowest BCUT2D eigenvalue weighted by Gasteiger charge is -2.31. The summed E-state index contributed by atoms with van der Waals surface area (Å²) in [7, 11) is 1.94. The van der Waals surface area contributed by atoms with Gasteiger partial charge in [-0.05, 0) is 32.4 Å². The minimum atomic E-state index is -0.263. The molecule has 29 heavy (non-hydrogen) atoms. The van der Waals surface area contributed by atoms with E-state index in [0.717, 1.165) is 26.3 Å². The summed E-state index contributed by atoms with van der Waals surface area (Å²) in [5.74, 6) is 0.533. The number of rotatable bonds is 4. The van der Waals surface area contributed by atoms with Crippen LogP contribution >= 0.6 is 0 Å². The molecule has 0 spiro atoms. The number of para-hydroxylation sites is 1. The Labute approximate surface area is 170 Å². The smallest absolute Gasteiger partial charge is 0.263 e. The maximum absolute atomic E-state index is 12.6. The molecule has 0 saturated carbocycles. The van der Waals surface area contributed by atoms with Crippen molar-refractivity contribution in [2.75, 3.05) is 43.2 Å². The Kier molecular flexibility index (Phi) is 5.04. The fourth-order valence-corrected chi connectivity index (χ4v) is 3.67. The summed E-state index contributed by atoms with van der Waals surface area (Å²) in [5.41, 5.74) is 2.55. The van der Waals surface area contributed by atoms with Crippen molar-refractivity contribution in [1.29, 1.82) is 0 Å². The van der Waals surface area contributed by atoms with Gasteiger partial charge in [0, 0.05) is 32.4 Å². The second-order valence-electron chi connectivity index (χ2n) is 8.44. The van der Waals surface area contributed by atoms with Crippen LogP contribution in [0.5, 0.6) is 0 Å². The number of hydrogen-bond acceptors (Lipinski definition) is 6. The minimum absolute atomic E-state index is 0.172. The highest BCUT2D eigenvalue weighted by Gasteiger charge is 2.21. The molecule has 1 aliphatic rings. The molecule has 1 aliphatic heterocycles. The number of hydrogen-bond donors (Lipinski definition) is 1. The van der Waals surface area contributed by atoms with E-state index in [4.69, 9.17) is 9.72 Å². The van der Waals surface area contributed by atoms with Crippen molar-refractivity contribution in [3.8, 4) is 0 Å². The Balaban J connectivity index is 1.67. The molecule has 8 nitrogen and oxygen atoms in total. The molecule has 8 heteroatoms. The van der Waals surface area contributed by atoms with Crippen LogP contribution < -0.4 is 15.4 Å². The van der Waals surface area contributed by atoms with Gasteiger partial charge in [-0.15, -0.1) is 0 Å². The number of aromatic nitrogens is 4. The highest BCUT2D eigenvalue weighted by molar-refractivity contribution is 5.74. The van der Waals surface area contributed by atoms with E-state index >= 15 is 0 Å². The van der Waals surface area contributed by atoms with Gasteiger partial charge < -0.3 is 14.5 Å². The van der Waals surface area contributed by atoms with E-state index in [0.29, 0.717) is 23.5 Å². The third kappa shape index (κ3) is 3.85. The molecule has 0 amide bonds. The predicted octanol–water partition coefficient (Wildman–Crippen LogP) is 2.35. The molecule has 0 radical (unpaired) electrons. The largest absolute Gasteiger partial charge is 0.378 e. The lowest BCUT2D eigenvalue weighted by Crippen LogP contribution is -2.37. The lowest BCUT2D eigenvalue weighted by molar-refractivity contribution is 0.122. The van der Waals surface area contributed by atoms with E-state index in [-0.39, 0.29) is 11.1 Å². The molecule has 0 unspecified atom stereocenters. The SMILES string of the molecule is CN(Cc1ccccc1N1CCOCC1)c1nc2c(cnn2C(C)(C)C)c(=O)[nH]1. The van der Waals surface area contributed by atoms with Crippen molar-refractivity contribution in [2.24, 2.45) is 0 Å². The Morgan fingerprint density at radius 1 is 1.21 bits per heavy atom. The third-order valence-corrected chi connectivity index (χ3v) is 5.17. The van der Waals surface area contributed by atoms with Crippen LogP contribution in [0.4, 0.5) is 11.6 Å². The summed E-state index contributed by atoms with van der Waals surface area (Å²) in [6.07, 6.45) is 1.59. The van der Waals surface area contributed by atoms with Gasteiger partial charge in [0.25, 0.3) is 5.56 Å². The van der Waals surface area contributed by atoms with Crippen LogP contribution in [0.3, 0.4) is 0 Å². The number of nitrogens with one attached hydrogen (secondary N) is 1. The number of benzene rings is 1. The molecular weight excluding hydrogens is 368 g/mol. The molecule has 0 bridgehead atoms. The molecule has 1 saturated heterocycles. The Morgan fingerprint density at radius 2 is 1.93 bits per heavy atom. The zero-order valence-corrected chi connectivity index (χ0v) is 17.5. The highest BCUT2D eigenvalue weighted by Crippen LogP contribution is 2.24. The maximum atomic E-state index is 12.6. The molecule has 4 rings (SSSR count). The molecule has 2 aromatic heterocycles. The van der Waals surface area contributed by atoms with Gasteiger partial charge >= 0.3 is 0 Å². The molecule has 154 valence electrons. The topological polar surface area (TPSA) is 79.3 Å². The van der Waals surface area contributed by atoms with Crippen LogP contribution in [0.25, 0.3) is 11.0 Å². The van der Waals surface area contributed by atoms with E-state index in [9.17, 15) is 4.79 Å². The van der Waals surface area contributed by atoms with Gasteiger partial charge in [-0.2, -0.15) is 10.1 Å². The standard InChI is InChI=1S/C21H28N6O2/c1-21(2,3)27-18-16(13-22-27)19(28)24-20(23-18)25(4)14-15-7-5-6-8-17(15)26-9-11-29-12-10-26/h5-8,13H,9-12,14H2,1-4H3,(H,23,24,28). The van der Waals surface area contributed by atoms with E-state index in [1.165, 1.54) is 11.3 Å². The van der Waals surface area contributed by atoms with Gasteiger partial charge in [0.15, 0.2) is 5.65 Å². The number of nitrogens with zero attached hydrogens (tertiary/aromatic N) is 5. The molecule has 0 atom stereocenters. The number of anilines is 2. The maximum Gasteiger partial charge on any atom is 0.263 e. The van der Waals surface area contributed by atoms with Crippen molar-refractivity contribution in [3.05, 3.63) is 46.4 Å². The molecule has 3 heterocycles. The molecule has 1 fully saturated rings. The molecule has 0 aliphatic carbocycles. The third-order valence-electron chi connectivity index (χ3n) is 5.17. The van der Waals surface area contributed by atoms with Crippen LogP contribution in [0.2, 0.25) is 0 Å². The number of morpholine rings is 1. The molecular formula is C21H28N6O2. The van der Waals surface area contributed by atoms with Gasteiger partial charge in [0.05, 0.1) is 24.9 Å². The van der Waals surface area contributed by atoms with E-state index in [2.05, 4.69) is 33.2 Å². The first-order chi connectivity index (χ1) is 13.8. The first kappa shape index (κ1) is 19.4. The van der Waals surface area contributed by atoms with Crippen LogP contribution in [0.1, 0.15) is 26.3 Å². The van der Waals surface area contributed by atoms with Crippen molar-refractivity contribution < 1.29 is 4.74 Å². The monoisotopic (exact) mass is 396 g/mol. The first-order valence-corrected chi connectivity index (χ1v) is 9.95. The van der Waals surface area contributed by atoms with Crippen LogP contribution in [-0.4, -0.2) is 53.1 Å². The zero-order valence-electron chi connectivity index (χ0n) is 17.5. The first-order valence-electron chi connectivity index (χ1n) is 9.95. The van der Waals surface area contributed by atoms with Gasteiger partial charge in [-0.25, -0.2) is 4.68 Å². The van der Waals surface area contributed by atoms with Crippen molar-refractivity contribution >= 4 is 22.7 Å². The second kappa shape index (κ2) is 7.51. The number of H-pyrrole nitrogens is 1. The van der Waals surface area contributed by atoms with E-state index in [1.54, 1.807) is 10.9 Å². The molecule has 1 aromatic carbocycles. The average molecular weight is 396 g/mol. The van der Waals surface area contributed by atoms with Crippen molar-refractivity contribution in [2.45, 2.75) is 32.9 Å². The fraction of sp³-hybridized carbons (Fsp3) is 0.476. The predicted molar refractivity (Wildman–Crippen MR) is 115 cm³/mol. The zero-order chi connectivity index (χ0) is 20.6. The fourth-order valence-electron chi connectivity index (χ4n) is 3.67.